The third-order valence-corrected chi connectivity index (χ3v) is 4.78. The molecule has 0 unspecified atom stereocenters. The maximum atomic E-state index is 12.5. The molecule has 8 heteroatoms. The number of hydrogen-bond acceptors (Lipinski definition) is 4. The molecule has 1 saturated heterocycles. The maximum absolute atomic E-state index is 12.5. The molecule has 2 atom stereocenters. The minimum atomic E-state index is -0.846. The highest BCUT2D eigenvalue weighted by molar-refractivity contribution is 6.38. The van der Waals surface area contributed by atoms with Crippen molar-refractivity contribution in [1.82, 2.24) is 15.2 Å². The zero-order valence-corrected chi connectivity index (χ0v) is 14.5. The minimum absolute atomic E-state index is 0.0194. The van der Waals surface area contributed by atoms with Gasteiger partial charge in [0.2, 0.25) is 5.91 Å². The predicted molar refractivity (Wildman–Crippen MR) is 93.6 cm³/mol. The third-order valence-electron chi connectivity index (χ3n) is 4.39. The molecule has 1 aliphatic heterocycles. The molecule has 3 N–H and O–H groups in total. The molecule has 2 amide bonds. The number of rotatable bonds is 4. The highest BCUT2D eigenvalue weighted by atomic mass is 35.5. The topological polar surface area (TPSA) is 94.7 Å². The van der Waals surface area contributed by atoms with Crippen molar-refractivity contribution in [3.05, 3.63) is 35.0 Å². The van der Waals surface area contributed by atoms with Crippen molar-refractivity contribution in [3.8, 4) is 0 Å². The first-order valence-electron chi connectivity index (χ1n) is 8.03. The van der Waals surface area contributed by atoms with E-state index < -0.39 is 12.1 Å². The molecule has 7 nitrogen and oxygen atoms in total. The van der Waals surface area contributed by atoms with Crippen LogP contribution >= 0.6 is 11.6 Å². The number of fused-ring (bicyclic) bond motifs is 1. The van der Waals surface area contributed by atoms with Gasteiger partial charge in [0.15, 0.2) is 0 Å². The summed E-state index contributed by atoms with van der Waals surface area (Å²) >= 11 is 6.28. The summed E-state index contributed by atoms with van der Waals surface area (Å²) in [5, 5.41) is 14.2. The second kappa shape index (κ2) is 7.43. The Morgan fingerprint density at radius 1 is 1.44 bits per heavy atom. The number of likely N-dealkylation sites (tertiary alicyclic amines) is 1. The van der Waals surface area contributed by atoms with Crippen LogP contribution in [0.1, 0.15) is 16.9 Å². The molecule has 0 radical (unpaired) electrons. The standard InChI is InChI=1S/C17H20ClN3O4/c1-25-9-14(23)21-7-6-12(13(22)8-21)20-17(24)16-15(18)10-4-2-3-5-11(10)19-16/h2-5,12-13,19,22H,6-9H2,1H3,(H,20,24)/t12-,13-/m1/s1. The van der Waals surface area contributed by atoms with Crippen molar-refractivity contribution in [2.45, 2.75) is 18.6 Å². The normalized spacial score (nSPS) is 20.7. The summed E-state index contributed by atoms with van der Waals surface area (Å²) in [4.78, 5) is 28.9. The Hall–Kier alpha value is -2.09. The molecule has 0 aliphatic carbocycles. The van der Waals surface area contributed by atoms with Crippen LogP contribution < -0.4 is 5.32 Å². The first-order chi connectivity index (χ1) is 12.0. The predicted octanol–water partition coefficient (Wildman–Crippen LogP) is 1.16. The summed E-state index contributed by atoms with van der Waals surface area (Å²) < 4.78 is 4.82. The number of hydrogen-bond donors (Lipinski definition) is 3. The number of H-pyrrole nitrogens is 1. The van der Waals surface area contributed by atoms with Crippen molar-refractivity contribution >= 4 is 34.3 Å². The minimum Gasteiger partial charge on any atom is -0.389 e. The van der Waals surface area contributed by atoms with E-state index in [-0.39, 0.29) is 30.7 Å². The fourth-order valence-electron chi connectivity index (χ4n) is 3.05. The monoisotopic (exact) mass is 365 g/mol. The SMILES string of the molecule is COCC(=O)N1CC[C@@H](NC(=O)c2[nH]c3ccccc3c2Cl)[C@H](O)C1. The molecule has 3 rings (SSSR count). The summed E-state index contributed by atoms with van der Waals surface area (Å²) in [6.45, 7) is 0.590. The number of carbonyl (C=O) groups is 2. The molecule has 134 valence electrons. The number of nitrogens with one attached hydrogen (secondary N) is 2. The molecule has 2 aromatic rings. The van der Waals surface area contributed by atoms with E-state index in [4.69, 9.17) is 16.3 Å². The zero-order chi connectivity index (χ0) is 18.0. The number of methoxy groups -OCH3 is 1. The molecular formula is C17H20ClN3O4. The quantitative estimate of drug-likeness (QED) is 0.757. The lowest BCUT2D eigenvalue weighted by atomic mass is 10.0. The van der Waals surface area contributed by atoms with Gasteiger partial charge in [-0.25, -0.2) is 0 Å². The van der Waals surface area contributed by atoms with Crippen LogP contribution in [0.4, 0.5) is 0 Å². The van der Waals surface area contributed by atoms with E-state index in [0.717, 1.165) is 10.9 Å². The number of aliphatic hydroxyl groups excluding tert-OH is 1. The molecule has 1 fully saturated rings. The highest BCUT2D eigenvalue weighted by Crippen LogP contribution is 2.27. The van der Waals surface area contributed by atoms with Crippen LogP contribution in [0.3, 0.4) is 0 Å². The molecule has 0 spiro atoms. The molecule has 1 aromatic carbocycles. The van der Waals surface area contributed by atoms with E-state index in [2.05, 4.69) is 10.3 Å². The number of ether oxygens (including phenoxy) is 1. The van der Waals surface area contributed by atoms with Gasteiger partial charge in [-0.05, 0) is 12.5 Å². The van der Waals surface area contributed by atoms with E-state index in [0.29, 0.717) is 18.0 Å². The number of aromatic nitrogens is 1. The van der Waals surface area contributed by atoms with E-state index >= 15 is 0 Å². The Morgan fingerprint density at radius 2 is 2.20 bits per heavy atom. The Balaban J connectivity index is 1.67. The Morgan fingerprint density at radius 3 is 2.88 bits per heavy atom. The highest BCUT2D eigenvalue weighted by Gasteiger charge is 2.32. The first-order valence-corrected chi connectivity index (χ1v) is 8.41. The molecule has 1 aliphatic rings. The Bertz CT molecular complexity index is 791. The van der Waals surface area contributed by atoms with Gasteiger partial charge in [0.25, 0.3) is 5.91 Å². The average molecular weight is 366 g/mol. The van der Waals surface area contributed by atoms with E-state index in [9.17, 15) is 14.7 Å². The lowest BCUT2D eigenvalue weighted by molar-refractivity contribution is -0.138. The summed E-state index contributed by atoms with van der Waals surface area (Å²) in [7, 11) is 1.45. The average Bonchev–Trinajstić information content (AvgIpc) is 2.94. The van der Waals surface area contributed by atoms with Crippen molar-refractivity contribution in [1.29, 1.82) is 0 Å². The molecule has 2 heterocycles. The molecule has 25 heavy (non-hydrogen) atoms. The van der Waals surface area contributed by atoms with Crippen molar-refractivity contribution in [2.24, 2.45) is 0 Å². The molecule has 1 aromatic heterocycles. The summed E-state index contributed by atoms with van der Waals surface area (Å²) in [5.74, 6) is -0.549. The van der Waals surface area contributed by atoms with Crippen LogP contribution in [0.15, 0.2) is 24.3 Å². The van der Waals surface area contributed by atoms with E-state index in [1.165, 1.54) is 12.0 Å². The van der Waals surface area contributed by atoms with Gasteiger partial charge in [0.1, 0.15) is 12.3 Å². The number of carbonyl (C=O) groups excluding carboxylic acids is 2. The second-order valence-corrected chi connectivity index (χ2v) is 6.45. The van der Waals surface area contributed by atoms with Gasteiger partial charge < -0.3 is 25.0 Å². The largest absolute Gasteiger partial charge is 0.389 e. The third kappa shape index (κ3) is 3.63. The Labute approximate surface area is 149 Å². The van der Waals surface area contributed by atoms with Crippen molar-refractivity contribution in [2.75, 3.05) is 26.8 Å². The van der Waals surface area contributed by atoms with Crippen LogP contribution in [0.25, 0.3) is 10.9 Å². The van der Waals surface area contributed by atoms with Gasteiger partial charge in [-0.3, -0.25) is 9.59 Å². The van der Waals surface area contributed by atoms with Crippen LogP contribution in [0.5, 0.6) is 0 Å². The van der Waals surface area contributed by atoms with E-state index in [1.807, 2.05) is 24.3 Å². The molecule has 0 saturated carbocycles. The summed E-state index contributed by atoms with van der Waals surface area (Å²) in [6.07, 6.45) is -0.387. The summed E-state index contributed by atoms with van der Waals surface area (Å²) in [6, 6.07) is 6.93. The fraction of sp³-hybridized carbons (Fsp3) is 0.412. The van der Waals surface area contributed by atoms with Gasteiger partial charge >= 0.3 is 0 Å². The number of amides is 2. The number of para-hydroxylation sites is 1. The number of aliphatic hydroxyl groups is 1. The van der Waals surface area contributed by atoms with E-state index in [1.54, 1.807) is 0 Å². The van der Waals surface area contributed by atoms with Gasteiger partial charge in [-0.1, -0.05) is 29.8 Å². The van der Waals surface area contributed by atoms with Gasteiger partial charge in [0, 0.05) is 31.1 Å². The smallest absolute Gasteiger partial charge is 0.269 e. The summed E-state index contributed by atoms with van der Waals surface area (Å²) in [5.41, 5.74) is 1.05. The van der Waals surface area contributed by atoms with Gasteiger partial charge in [-0.2, -0.15) is 0 Å². The number of benzene rings is 1. The number of β-amino-alcohol motifs (C(OH)–C–C–N with tert-alkyl or cyclic N) is 1. The number of piperidine rings is 1. The van der Waals surface area contributed by atoms with Crippen molar-refractivity contribution < 1.29 is 19.4 Å². The maximum Gasteiger partial charge on any atom is 0.269 e. The second-order valence-electron chi connectivity index (χ2n) is 6.07. The lowest BCUT2D eigenvalue weighted by Crippen LogP contribution is -2.55. The lowest BCUT2D eigenvalue weighted by Gasteiger charge is -2.36. The zero-order valence-electron chi connectivity index (χ0n) is 13.8. The first kappa shape index (κ1) is 17.7. The van der Waals surface area contributed by atoms with Gasteiger partial charge in [0.05, 0.1) is 17.2 Å². The number of halogens is 1. The fourth-order valence-corrected chi connectivity index (χ4v) is 3.34. The van der Waals surface area contributed by atoms with Crippen LogP contribution in [0, 0.1) is 0 Å². The number of aromatic amines is 1. The van der Waals surface area contributed by atoms with Crippen LogP contribution in [0.2, 0.25) is 5.02 Å². The number of nitrogens with zero attached hydrogens (tertiary/aromatic N) is 1. The molecular weight excluding hydrogens is 346 g/mol. The van der Waals surface area contributed by atoms with Crippen LogP contribution in [-0.2, 0) is 9.53 Å². The molecule has 0 bridgehead atoms. The van der Waals surface area contributed by atoms with Crippen LogP contribution in [-0.4, -0.2) is 65.8 Å². The Kier molecular flexibility index (Phi) is 5.27. The van der Waals surface area contributed by atoms with Crippen molar-refractivity contribution in [3.63, 3.8) is 0 Å². The van der Waals surface area contributed by atoms with Gasteiger partial charge in [-0.15, -0.1) is 0 Å².